The number of carbonyl (C=O) groups is 1. The summed E-state index contributed by atoms with van der Waals surface area (Å²) in [6.07, 6.45) is 2.90. The van der Waals surface area contributed by atoms with Crippen molar-refractivity contribution in [3.63, 3.8) is 0 Å². The van der Waals surface area contributed by atoms with Crippen molar-refractivity contribution in [2.45, 2.75) is 13.5 Å². The van der Waals surface area contributed by atoms with Gasteiger partial charge in [0.15, 0.2) is 5.13 Å². The molecule has 7 nitrogen and oxygen atoms in total. The Morgan fingerprint density at radius 3 is 2.68 bits per heavy atom. The van der Waals surface area contributed by atoms with E-state index >= 15 is 0 Å². The molecular formula is C14H14N6OS. The summed E-state index contributed by atoms with van der Waals surface area (Å²) in [5, 5.41) is 12.7. The molecule has 3 rings (SSSR count). The molecule has 8 heteroatoms. The minimum absolute atomic E-state index is 0.137. The molecule has 0 aliphatic carbocycles. The molecule has 3 aromatic rings. The van der Waals surface area contributed by atoms with Gasteiger partial charge in [-0.15, -0.1) is 11.3 Å². The number of carbonyl (C=O) groups excluding carboxylic acids is 1. The molecule has 0 radical (unpaired) electrons. The zero-order valence-electron chi connectivity index (χ0n) is 11.9. The smallest absolute Gasteiger partial charge is 0.246 e. The number of rotatable bonds is 5. The molecule has 0 aliphatic rings. The van der Waals surface area contributed by atoms with Crippen molar-refractivity contribution >= 4 is 33.8 Å². The summed E-state index contributed by atoms with van der Waals surface area (Å²) in [7, 11) is 0. The third-order valence-corrected chi connectivity index (χ3v) is 3.69. The SMILES string of the molecule is Cc1csc(Nc2ccc(NC(=O)Cn3cncn3)cc2)n1. The van der Waals surface area contributed by atoms with Crippen LogP contribution in [0.3, 0.4) is 0 Å². The van der Waals surface area contributed by atoms with Crippen molar-refractivity contribution in [3.05, 3.63) is 48.0 Å². The van der Waals surface area contributed by atoms with E-state index in [4.69, 9.17) is 0 Å². The maximum absolute atomic E-state index is 11.8. The van der Waals surface area contributed by atoms with Gasteiger partial charge in [0.1, 0.15) is 19.2 Å². The highest BCUT2D eigenvalue weighted by atomic mass is 32.1. The molecule has 0 saturated heterocycles. The third-order valence-electron chi connectivity index (χ3n) is 2.81. The number of nitrogens with one attached hydrogen (secondary N) is 2. The van der Waals surface area contributed by atoms with Gasteiger partial charge < -0.3 is 10.6 Å². The van der Waals surface area contributed by atoms with E-state index in [1.165, 1.54) is 17.3 Å². The largest absolute Gasteiger partial charge is 0.332 e. The van der Waals surface area contributed by atoms with E-state index in [0.29, 0.717) is 0 Å². The van der Waals surface area contributed by atoms with Crippen LogP contribution in [0.1, 0.15) is 5.69 Å². The fourth-order valence-corrected chi connectivity index (χ4v) is 2.54. The van der Waals surface area contributed by atoms with Crippen molar-refractivity contribution < 1.29 is 4.79 Å². The molecule has 0 saturated carbocycles. The van der Waals surface area contributed by atoms with Crippen LogP contribution >= 0.6 is 11.3 Å². The fraction of sp³-hybridized carbons (Fsp3) is 0.143. The van der Waals surface area contributed by atoms with Crippen molar-refractivity contribution in [2.75, 3.05) is 10.6 Å². The van der Waals surface area contributed by atoms with E-state index in [1.54, 1.807) is 11.3 Å². The summed E-state index contributed by atoms with van der Waals surface area (Å²) >= 11 is 1.55. The molecule has 112 valence electrons. The normalized spacial score (nSPS) is 10.4. The lowest BCUT2D eigenvalue weighted by Crippen LogP contribution is -2.18. The average Bonchev–Trinajstić information content (AvgIpc) is 3.13. The van der Waals surface area contributed by atoms with E-state index in [2.05, 4.69) is 25.7 Å². The first kappa shape index (κ1) is 14.2. The Morgan fingerprint density at radius 2 is 2.05 bits per heavy atom. The van der Waals surface area contributed by atoms with Gasteiger partial charge in [-0.2, -0.15) is 5.10 Å². The van der Waals surface area contributed by atoms with Crippen molar-refractivity contribution in [1.29, 1.82) is 0 Å². The van der Waals surface area contributed by atoms with Gasteiger partial charge in [-0.3, -0.25) is 4.79 Å². The van der Waals surface area contributed by atoms with E-state index in [0.717, 1.165) is 22.2 Å². The number of thiazole rings is 1. The molecule has 2 heterocycles. The molecule has 22 heavy (non-hydrogen) atoms. The van der Waals surface area contributed by atoms with Gasteiger partial charge in [-0.05, 0) is 31.2 Å². The van der Waals surface area contributed by atoms with Crippen LogP contribution in [0.5, 0.6) is 0 Å². The summed E-state index contributed by atoms with van der Waals surface area (Å²) in [4.78, 5) is 20.0. The van der Waals surface area contributed by atoms with E-state index in [9.17, 15) is 4.79 Å². The number of nitrogens with zero attached hydrogens (tertiary/aromatic N) is 4. The Kier molecular flexibility index (Phi) is 4.10. The Morgan fingerprint density at radius 1 is 1.27 bits per heavy atom. The molecule has 2 aromatic heterocycles. The van der Waals surface area contributed by atoms with Gasteiger partial charge in [-0.25, -0.2) is 14.6 Å². The maximum Gasteiger partial charge on any atom is 0.246 e. The highest BCUT2D eigenvalue weighted by Crippen LogP contribution is 2.21. The monoisotopic (exact) mass is 314 g/mol. The van der Waals surface area contributed by atoms with Crippen LogP contribution in [0, 0.1) is 6.92 Å². The van der Waals surface area contributed by atoms with Gasteiger partial charge in [0, 0.05) is 16.8 Å². The van der Waals surface area contributed by atoms with Crippen LogP contribution in [0.4, 0.5) is 16.5 Å². The highest BCUT2D eigenvalue weighted by molar-refractivity contribution is 7.13. The molecule has 0 fully saturated rings. The second-order valence-electron chi connectivity index (χ2n) is 4.64. The average molecular weight is 314 g/mol. The van der Waals surface area contributed by atoms with Crippen LogP contribution in [-0.2, 0) is 11.3 Å². The molecule has 0 atom stereocenters. The zero-order chi connectivity index (χ0) is 15.4. The first-order valence-electron chi connectivity index (χ1n) is 6.60. The first-order chi connectivity index (χ1) is 10.7. The van der Waals surface area contributed by atoms with Gasteiger partial charge in [0.05, 0.1) is 5.69 Å². The number of hydrogen-bond acceptors (Lipinski definition) is 6. The van der Waals surface area contributed by atoms with Crippen LogP contribution in [-0.4, -0.2) is 25.7 Å². The number of amides is 1. The number of benzene rings is 1. The van der Waals surface area contributed by atoms with Crippen LogP contribution < -0.4 is 10.6 Å². The predicted molar refractivity (Wildman–Crippen MR) is 85.2 cm³/mol. The van der Waals surface area contributed by atoms with Gasteiger partial charge in [0.25, 0.3) is 0 Å². The Hall–Kier alpha value is -2.74. The summed E-state index contributed by atoms with van der Waals surface area (Å²) in [6, 6.07) is 7.45. The summed E-state index contributed by atoms with van der Waals surface area (Å²) in [5.41, 5.74) is 2.64. The molecule has 2 N–H and O–H groups in total. The van der Waals surface area contributed by atoms with E-state index in [1.807, 2.05) is 36.6 Å². The van der Waals surface area contributed by atoms with Gasteiger partial charge >= 0.3 is 0 Å². The number of aromatic nitrogens is 4. The lowest BCUT2D eigenvalue weighted by atomic mass is 10.3. The lowest BCUT2D eigenvalue weighted by Gasteiger charge is -2.07. The maximum atomic E-state index is 11.8. The standard InChI is InChI=1S/C14H14N6OS/c1-10-7-22-14(17-10)19-12-4-2-11(3-5-12)18-13(21)6-20-9-15-8-16-20/h2-5,7-9H,6H2,1H3,(H,17,19)(H,18,21). The third kappa shape index (κ3) is 3.67. The number of anilines is 3. The fourth-order valence-electron chi connectivity index (χ4n) is 1.83. The molecular weight excluding hydrogens is 300 g/mol. The Balaban J connectivity index is 1.58. The molecule has 0 bridgehead atoms. The lowest BCUT2D eigenvalue weighted by molar-refractivity contribution is -0.116. The number of hydrogen-bond donors (Lipinski definition) is 2. The van der Waals surface area contributed by atoms with Crippen molar-refractivity contribution in [3.8, 4) is 0 Å². The molecule has 1 aromatic carbocycles. The van der Waals surface area contributed by atoms with Crippen LogP contribution in [0.25, 0.3) is 0 Å². The minimum atomic E-state index is -0.151. The quantitative estimate of drug-likeness (QED) is 0.755. The second kappa shape index (κ2) is 6.35. The van der Waals surface area contributed by atoms with Gasteiger partial charge in [-0.1, -0.05) is 0 Å². The molecule has 1 amide bonds. The van der Waals surface area contributed by atoms with Crippen LogP contribution in [0.15, 0.2) is 42.3 Å². The summed E-state index contributed by atoms with van der Waals surface area (Å²) < 4.78 is 1.47. The molecule has 0 unspecified atom stereocenters. The van der Waals surface area contributed by atoms with Crippen LogP contribution in [0.2, 0.25) is 0 Å². The summed E-state index contributed by atoms with van der Waals surface area (Å²) in [5.74, 6) is -0.151. The summed E-state index contributed by atoms with van der Waals surface area (Å²) in [6.45, 7) is 2.09. The van der Waals surface area contributed by atoms with Gasteiger partial charge in [0.2, 0.25) is 5.91 Å². The minimum Gasteiger partial charge on any atom is -0.332 e. The first-order valence-corrected chi connectivity index (χ1v) is 7.48. The molecule has 0 spiro atoms. The zero-order valence-corrected chi connectivity index (χ0v) is 12.7. The number of aryl methyl sites for hydroxylation is 1. The van der Waals surface area contributed by atoms with Crippen molar-refractivity contribution in [2.24, 2.45) is 0 Å². The van der Waals surface area contributed by atoms with E-state index in [-0.39, 0.29) is 12.5 Å². The van der Waals surface area contributed by atoms with Crippen molar-refractivity contribution in [1.82, 2.24) is 19.7 Å². The predicted octanol–water partition coefficient (Wildman–Crippen LogP) is 2.43. The second-order valence-corrected chi connectivity index (χ2v) is 5.50. The highest BCUT2D eigenvalue weighted by Gasteiger charge is 2.04. The molecule has 0 aliphatic heterocycles. The Bertz CT molecular complexity index is 750. The topological polar surface area (TPSA) is 84.7 Å². The van der Waals surface area contributed by atoms with E-state index < -0.39 is 0 Å². The Labute approximate surface area is 131 Å².